The molecular weight excluding hydrogens is 342 g/mol. The molecule has 0 atom stereocenters. The highest BCUT2D eigenvalue weighted by molar-refractivity contribution is 7.99. The predicted molar refractivity (Wildman–Crippen MR) is 108 cm³/mol. The van der Waals surface area contributed by atoms with Crippen molar-refractivity contribution in [1.29, 1.82) is 0 Å². The number of aromatic nitrogens is 2. The van der Waals surface area contributed by atoms with Crippen molar-refractivity contribution < 1.29 is 4.74 Å². The van der Waals surface area contributed by atoms with E-state index in [0.29, 0.717) is 0 Å². The minimum absolute atomic E-state index is 0.747. The lowest BCUT2D eigenvalue weighted by Gasteiger charge is -2.19. The summed E-state index contributed by atoms with van der Waals surface area (Å²) in [5.41, 5.74) is 4.47. The third-order valence-electron chi connectivity index (χ3n) is 4.51. The Hall–Kier alpha value is -2.53. The summed E-state index contributed by atoms with van der Waals surface area (Å²) in [6.45, 7) is 0. The van der Waals surface area contributed by atoms with E-state index in [-0.39, 0.29) is 0 Å². The summed E-state index contributed by atoms with van der Waals surface area (Å²) in [7, 11) is 5.77. The minimum atomic E-state index is 0.747. The van der Waals surface area contributed by atoms with Crippen molar-refractivity contribution in [2.24, 2.45) is 0 Å². The van der Waals surface area contributed by atoms with Crippen LogP contribution in [-0.4, -0.2) is 36.9 Å². The minimum Gasteiger partial charge on any atom is -0.497 e. The largest absolute Gasteiger partial charge is 0.497 e. The molecule has 0 saturated carbocycles. The van der Waals surface area contributed by atoms with Crippen molar-refractivity contribution in [1.82, 2.24) is 9.97 Å². The molecular formula is C21H21N3OS. The molecule has 0 bridgehead atoms. The molecule has 0 aliphatic carbocycles. The zero-order chi connectivity index (χ0) is 18.1. The molecule has 0 N–H and O–H groups in total. The second-order valence-corrected chi connectivity index (χ2v) is 7.55. The number of methoxy groups -OCH3 is 1. The molecule has 2 aromatic carbocycles. The number of benzene rings is 2. The van der Waals surface area contributed by atoms with Crippen molar-refractivity contribution >= 4 is 17.6 Å². The van der Waals surface area contributed by atoms with Gasteiger partial charge in [0, 0.05) is 41.4 Å². The molecule has 4 rings (SSSR count). The van der Waals surface area contributed by atoms with Crippen LogP contribution in [0.15, 0.2) is 53.4 Å². The van der Waals surface area contributed by atoms with E-state index in [0.717, 1.165) is 40.8 Å². The number of hydrogen-bond acceptors (Lipinski definition) is 5. The number of nitrogens with zero attached hydrogens (tertiary/aromatic N) is 3. The maximum Gasteiger partial charge on any atom is 0.162 e. The molecule has 0 unspecified atom stereocenters. The molecule has 0 fully saturated rings. The van der Waals surface area contributed by atoms with Gasteiger partial charge in [-0.15, -0.1) is 11.8 Å². The smallest absolute Gasteiger partial charge is 0.162 e. The van der Waals surface area contributed by atoms with Crippen LogP contribution in [0.2, 0.25) is 0 Å². The Balaban J connectivity index is 1.94. The molecule has 1 aromatic heterocycles. The van der Waals surface area contributed by atoms with Crippen LogP contribution in [0.4, 0.5) is 5.82 Å². The summed E-state index contributed by atoms with van der Waals surface area (Å²) in [5, 5.41) is 0. The van der Waals surface area contributed by atoms with E-state index in [9.17, 15) is 0 Å². The van der Waals surface area contributed by atoms with Crippen LogP contribution in [0.25, 0.3) is 22.6 Å². The first kappa shape index (κ1) is 16.9. The summed E-state index contributed by atoms with van der Waals surface area (Å²) in [5.74, 6) is 3.61. The van der Waals surface area contributed by atoms with Gasteiger partial charge in [0.05, 0.1) is 12.8 Å². The number of hydrogen-bond donors (Lipinski definition) is 0. The van der Waals surface area contributed by atoms with Crippen LogP contribution in [0.5, 0.6) is 5.75 Å². The van der Waals surface area contributed by atoms with Crippen LogP contribution in [-0.2, 0) is 6.42 Å². The van der Waals surface area contributed by atoms with Crippen molar-refractivity contribution in [3.8, 4) is 28.4 Å². The van der Waals surface area contributed by atoms with Gasteiger partial charge < -0.3 is 9.64 Å². The summed E-state index contributed by atoms with van der Waals surface area (Å²) in [4.78, 5) is 13.3. The van der Waals surface area contributed by atoms with Gasteiger partial charge in [-0.2, -0.15) is 0 Å². The Morgan fingerprint density at radius 1 is 1.00 bits per heavy atom. The highest BCUT2D eigenvalue weighted by Crippen LogP contribution is 2.40. The third kappa shape index (κ3) is 3.03. The third-order valence-corrected chi connectivity index (χ3v) is 5.58. The van der Waals surface area contributed by atoms with Crippen LogP contribution in [0.3, 0.4) is 0 Å². The summed E-state index contributed by atoms with van der Waals surface area (Å²) >= 11 is 1.89. The number of anilines is 1. The van der Waals surface area contributed by atoms with E-state index in [1.54, 1.807) is 7.11 Å². The molecule has 0 saturated heterocycles. The van der Waals surface area contributed by atoms with E-state index in [4.69, 9.17) is 14.7 Å². The highest BCUT2D eigenvalue weighted by atomic mass is 32.2. The van der Waals surface area contributed by atoms with Gasteiger partial charge in [-0.05, 0) is 36.8 Å². The van der Waals surface area contributed by atoms with Crippen molar-refractivity contribution in [2.75, 3.05) is 31.9 Å². The molecule has 5 heteroatoms. The van der Waals surface area contributed by atoms with Crippen LogP contribution in [0.1, 0.15) is 5.56 Å². The van der Waals surface area contributed by atoms with E-state index in [1.807, 2.05) is 50.1 Å². The molecule has 26 heavy (non-hydrogen) atoms. The lowest BCUT2D eigenvalue weighted by atomic mass is 10.0. The molecule has 0 spiro atoms. The Kier molecular flexibility index (Phi) is 4.55. The predicted octanol–water partition coefficient (Wildman–Crippen LogP) is 4.53. The van der Waals surface area contributed by atoms with Crippen LogP contribution in [0, 0.1) is 0 Å². The van der Waals surface area contributed by atoms with Gasteiger partial charge in [0.2, 0.25) is 0 Å². The van der Waals surface area contributed by atoms with Crippen molar-refractivity contribution in [3.05, 3.63) is 54.1 Å². The first-order valence-electron chi connectivity index (χ1n) is 8.62. The lowest BCUT2D eigenvalue weighted by Crippen LogP contribution is -2.16. The molecule has 4 nitrogen and oxygen atoms in total. The zero-order valence-corrected chi connectivity index (χ0v) is 16.0. The fourth-order valence-corrected chi connectivity index (χ4v) is 4.24. The number of thioether (sulfide) groups is 1. The van der Waals surface area contributed by atoms with Gasteiger partial charge in [0.15, 0.2) is 5.82 Å². The maximum atomic E-state index is 5.27. The molecule has 0 amide bonds. The van der Waals surface area contributed by atoms with E-state index >= 15 is 0 Å². The van der Waals surface area contributed by atoms with Crippen LogP contribution >= 0.6 is 11.8 Å². The Labute approximate surface area is 158 Å². The Morgan fingerprint density at radius 2 is 1.77 bits per heavy atom. The fraction of sp³-hybridized carbons (Fsp3) is 0.238. The molecule has 132 valence electrons. The highest BCUT2D eigenvalue weighted by Gasteiger charge is 2.22. The van der Waals surface area contributed by atoms with Gasteiger partial charge >= 0.3 is 0 Å². The molecule has 1 aliphatic rings. The first-order chi connectivity index (χ1) is 12.7. The number of ether oxygens (including phenoxy) is 1. The summed E-state index contributed by atoms with van der Waals surface area (Å²) in [6, 6.07) is 16.4. The zero-order valence-electron chi connectivity index (χ0n) is 15.2. The molecule has 1 aliphatic heterocycles. The Morgan fingerprint density at radius 3 is 2.50 bits per heavy atom. The quantitative estimate of drug-likeness (QED) is 0.683. The second kappa shape index (κ2) is 7.00. The van der Waals surface area contributed by atoms with Crippen molar-refractivity contribution in [3.63, 3.8) is 0 Å². The monoisotopic (exact) mass is 363 g/mol. The topological polar surface area (TPSA) is 38.2 Å². The Bertz CT molecular complexity index is 938. The van der Waals surface area contributed by atoms with Gasteiger partial charge in [-0.1, -0.05) is 18.2 Å². The molecule has 3 aromatic rings. The first-order valence-corrected chi connectivity index (χ1v) is 9.61. The fourth-order valence-electron chi connectivity index (χ4n) is 3.22. The second-order valence-electron chi connectivity index (χ2n) is 6.42. The van der Waals surface area contributed by atoms with E-state index in [1.165, 1.54) is 16.0 Å². The normalized spacial score (nSPS) is 12.7. The van der Waals surface area contributed by atoms with Gasteiger partial charge in [-0.3, -0.25) is 0 Å². The average molecular weight is 363 g/mol. The SMILES string of the molecule is COc1ccc(-c2nc3c(c(N(C)C)n2)CCSc2ccccc2-3)cc1. The average Bonchev–Trinajstić information content (AvgIpc) is 2.86. The summed E-state index contributed by atoms with van der Waals surface area (Å²) < 4.78 is 5.27. The van der Waals surface area contributed by atoms with E-state index in [2.05, 4.69) is 29.2 Å². The molecule has 2 heterocycles. The molecule has 0 radical (unpaired) electrons. The number of fused-ring (bicyclic) bond motifs is 3. The maximum absolute atomic E-state index is 5.27. The number of rotatable bonds is 3. The standard InChI is InChI=1S/C21H21N3OS/c1-24(2)21-17-12-13-26-18-7-5-4-6-16(18)19(17)22-20(23-21)14-8-10-15(25-3)11-9-14/h4-11H,12-13H2,1-3H3. The summed E-state index contributed by atoms with van der Waals surface area (Å²) in [6.07, 6.45) is 0.963. The lowest BCUT2D eigenvalue weighted by molar-refractivity contribution is 0.415. The van der Waals surface area contributed by atoms with Gasteiger partial charge in [0.1, 0.15) is 11.6 Å². The van der Waals surface area contributed by atoms with Gasteiger partial charge in [0.25, 0.3) is 0 Å². The van der Waals surface area contributed by atoms with E-state index < -0.39 is 0 Å². The van der Waals surface area contributed by atoms with Gasteiger partial charge in [-0.25, -0.2) is 9.97 Å². The van der Waals surface area contributed by atoms with Crippen LogP contribution < -0.4 is 9.64 Å². The van der Waals surface area contributed by atoms with Crippen molar-refractivity contribution in [2.45, 2.75) is 11.3 Å².